The first-order chi connectivity index (χ1) is 13.6. The standard InChI is InChI=1S/C19H24N6O2S/c1-4-25(14-6-5-9-20-12-14)18(26)15-13-21-16(23(15)2)17-22-27-19(24(17)3)7-10-28-11-8-19/h5-6,9,12-13H,4,7-8,10-11H2,1-3H3. The molecule has 9 heteroatoms. The summed E-state index contributed by atoms with van der Waals surface area (Å²) < 4.78 is 1.79. The molecular formula is C19H24N6O2S. The molecule has 28 heavy (non-hydrogen) atoms. The van der Waals surface area contributed by atoms with Crippen LogP contribution in [0, 0.1) is 0 Å². The summed E-state index contributed by atoms with van der Waals surface area (Å²) in [5.41, 5.74) is 0.869. The fraction of sp³-hybridized carbons (Fsp3) is 0.474. The number of aromatic nitrogens is 3. The van der Waals surface area contributed by atoms with E-state index in [1.165, 1.54) is 0 Å². The fourth-order valence-corrected chi connectivity index (χ4v) is 4.79. The second kappa shape index (κ2) is 7.46. The zero-order chi connectivity index (χ0) is 19.7. The predicted octanol–water partition coefficient (Wildman–Crippen LogP) is 2.33. The Labute approximate surface area is 168 Å². The van der Waals surface area contributed by atoms with Crippen molar-refractivity contribution in [2.75, 3.05) is 30.0 Å². The van der Waals surface area contributed by atoms with Gasteiger partial charge in [-0.25, -0.2) is 4.98 Å². The molecule has 0 unspecified atom stereocenters. The molecule has 1 amide bonds. The third kappa shape index (κ3) is 3.03. The highest BCUT2D eigenvalue weighted by atomic mass is 32.2. The van der Waals surface area contributed by atoms with Gasteiger partial charge < -0.3 is 19.2 Å². The summed E-state index contributed by atoms with van der Waals surface area (Å²) in [5, 5.41) is 4.34. The molecule has 8 nitrogen and oxygen atoms in total. The average Bonchev–Trinajstić information content (AvgIpc) is 3.24. The summed E-state index contributed by atoms with van der Waals surface area (Å²) in [6.07, 6.45) is 6.82. The van der Waals surface area contributed by atoms with Gasteiger partial charge in [-0.1, -0.05) is 5.16 Å². The summed E-state index contributed by atoms with van der Waals surface area (Å²) in [4.78, 5) is 31.4. The van der Waals surface area contributed by atoms with Crippen LogP contribution >= 0.6 is 11.8 Å². The van der Waals surface area contributed by atoms with Gasteiger partial charge in [0.15, 0.2) is 5.82 Å². The molecule has 0 aliphatic carbocycles. The van der Waals surface area contributed by atoms with Crippen LogP contribution in [-0.2, 0) is 11.9 Å². The van der Waals surface area contributed by atoms with E-state index in [0.717, 1.165) is 30.0 Å². The van der Waals surface area contributed by atoms with Gasteiger partial charge in [0.2, 0.25) is 11.6 Å². The van der Waals surface area contributed by atoms with Crippen LogP contribution in [0.2, 0.25) is 0 Å². The molecule has 0 bridgehead atoms. The van der Waals surface area contributed by atoms with E-state index in [4.69, 9.17) is 4.84 Å². The smallest absolute Gasteiger partial charge is 0.276 e. The van der Waals surface area contributed by atoms with Crippen LogP contribution in [0.15, 0.2) is 35.9 Å². The zero-order valence-corrected chi connectivity index (χ0v) is 17.1. The normalized spacial score (nSPS) is 18.1. The first-order valence-corrected chi connectivity index (χ1v) is 10.5. The summed E-state index contributed by atoms with van der Waals surface area (Å²) in [6.45, 7) is 2.48. The topological polar surface area (TPSA) is 75.9 Å². The molecule has 2 aromatic heterocycles. The first-order valence-electron chi connectivity index (χ1n) is 9.39. The number of pyridine rings is 1. The van der Waals surface area contributed by atoms with E-state index in [-0.39, 0.29) is 11.6 Å². The second-order valence-corrected chi connectivity index (χ2v) is 8.14. The molecule has 0 saturated carbocycles. The van der Waals surface area contributed by atoms with Gasteiger partial charge in [0.25, 0.3) is 5.91 Å². The molecule has 148 valence electrons. The Kier molecular flexibility index (Phi) is 5.01. The lowest BCUT2D eigenvalue weighted by atomic mass is 10.1. The van der Waals surface area contributed by atoms with Crippen molar-refractivity contribution in [3.05, 3.63) is 42.2 Å². The Bertz CT molecular complexity index is 891. The molecular weight excluding hydrogens is 376 g/mol. The van der Waals surface area contributed by atoms with Crippen molar-refractivity contribution in [2.45, 2.75) is 25.5 Å². The van der Waals surface area contributed by atoms with E-state index in [1.54, 1.807) is 28.1 Å². The van der Waals surface area contributed by atoms with Crippen LogP contribution in [0.25, 0.3) is 0 Å². The Balaban J connectivity index is 1.60. The Morgan fingerprint density at radius 2 is 2.11 bits per heavy atom. The number of hydrogen-bond donors (Lipinski definition) is 0. The quantitative estimate of drug-likeness (QED) is 0.784. The van der Waals surface area contributed by atoms with E-state index in [1.807, 2.05) is 44.9 Å². The summed E-state index contributed by atoms with van der Waals surface area (Å²) >= 11 is 1.94. The molecule has 0 aromatic carbocycles. The molecule has 1 saturated heterocycles. The molecule has 2 aliphatic heterocycles. The lowest BCUT2D eigenvalue weighted by molar-refractivity contribution is -0.0954. The third-order valence-electron chi connectivity index (χ3n) is 5.43. The van der Waals surface area contributed by atoms with Crippen LogP contribution in [0.5, 0.6) is 0 Å². The van der Waals surface area contributed by atoms with E-state index < -0.39 is 0 Å². The summed E-state index contributed by atoms with van der Waals surface area (Å²) in [7, 11) is 3.83. The second-order valence-electron chi connectivity index (χ2n) is 6.91. The Morgan fingerprint density at radius 1 is 1.32 bits per heavy atom. The lowest BCUT2D eigenvalue weighted by Crippen LogP contribution is -2.49. The molecule has 4 heterocycles. The molecule has 0 radical (unpaired) electrons. The van der Waals surface area contributed by atoms with Crippen molar-refractivity contribution in [2.24, 2.45) is 12.2 Å². The number of carbonyl (C=O) groups is 1. The van der Waals surface area contributed by atoms with E-state index in [9.17, 15) is 4.79 Å². The van der Waals surface area contributed by atoms with Crippen molar-refractivity contribution in [1.82, 2.24) is 19.4 Å². The third-order valence-corrected chi connectivity index (χ3v) is 6.42. The van der Waals surface area contributed by atoms with Gasteiger partial charge in [-0.2, -0.15) is 11.8 Å². The molecule has 1 fully saturated rings. The predicted molar refractivity (Wildman–Crippen MR) is 109 cm³/mol. The van der Waals surface area contributed by atoms with Gasteiger partial charge >= 0.3 is 0 Å². The minimum Gasteiger partial charge on any atom is -0.365 e. The lowest BCUT2D eigenvalue weighted by Gasteiger charge is -2.37. The maximum absolute atomic E-state index is 13.2. The van der Waals surface area contributed by atoms with Gasteiger partial charge in [0, 0.05) is 39.7 Å². The van der Waals surface area contributed by atoms with Crippen LogP contribution in [0.4, 0.5) is 5.69 Å². The van der Waals surface area contributed by atoms with Crippen molar-refractivity contribution >= 4 is 29.2 Å². The molecule has 2 aliphatic rings. The minimum absolute atomic E-state index is 0.123. The summed E-state index contributed by atoms with van der Waals surface area (Å²) in [6, 6.07) is 3.70. The maximum atomic E-state index is 13.2. The van der Waals surface area contributed by atoms with Crippen LogP contribution < -0.4 is 4.90 Å². The van der Waals surface area contributed by atoms with Crippen molar-refractivity contribution in [3.8, 4) is 0 Å². The van der Waals surface area contributed by atoms with E-state index >= 15 is 0 Å². The van der Waals surface area contributed by atoms with E-state index in [2.05, 4.69) is 20.0 Å². The number of nitrogens with zero attached hydrogens (tertiary/aromatic N) is 6. The monoisotopic (exact) mass is 400 g/mol. The number of imidazole rings is 1. The maximum Gasteiger partial charge on any atom is 0.276 e. The Morgan fingerprint density at radius 3 is 2.79 bits per heavy atom. The highest BCUT2D eigenvalue weighted by molar-refractivity contribution is 7.99. The molecule has 0 atom stereocenters. The fourth-order valence-electron chi connectivity index (χ4n) is 3.66. The van der Waals surface area contributed by atoms with Crippen molar-refractivity contribution < 1.29 is 9.63 Å². The highest BCUT2D eigenvalue weighted by Crippen LogP contribution is 2.37. The number of oxime groups is 1. The largest absolute Gasteiger partial charge is 0.365 e. The molecule has 4 rings (SSSR count). The van der Waals surface area contributed by atoms with Gasteiger partial charge in [-0.15, -0.1) is 0 Å². The van der Waals surface area contributed by atoms with Gasteiger partial charge in [0.1, 0.15) is 5.69 Å². The number of amides is 1. The number of thioether (sulfide) groups is 1. The number of carbonyl (C=O) groups excluding carboxylic acids is 1. The molecule has 1 spiro atoms. The average molecular weight is 401 g/mol. The van der Waals surface area contributed by atoms with Crippen molar-refractivity contribution in [1.29, 1.82) is 0 Å². The van der Waals surface area contributed by atoms with Crippen LogP contribution in [0.3, 0.4) is 0 Å². The number of rotatable bonds is 4. The molecule has 0 N–H and O–H groups in total. The van der Waals surface area contributed by atoms with Crippen LogP contribution in [0.1, 0.15) is 36.1 Å². The number of amidine groups is 1. The highest BCUT2D eigenvalue weighted by Gasteiger charge is 2.46. The van der Waals surface area contributed by atoms with Gasteiger partial charge in [-0.3, -0.25) is 9.78 Å². The Hall–Kier alpha value is -2.55. The van der Waals surface area contributed by atoms with E-state index in [0.29, 0.717) is 23.9 Å². The van der Waals surface area contributed by atoms with Crippen molar-refractivity contribution in [3.63, 3.8) is 0 Å². The van der Waals surface area contributed by atoms with Gasteiger partial charge in [0.05, 0.1) is 18.1 Å². The molecule has 2 aromatic rings. The van der Waals surface area contributed by atoms with Crippen LogP contribution in [-0.4, -0.2) is 62.0 Å². The summed E-state index contributed by atoms with van der Waals surface area (Å²) in [5.74, 6) is 3.27. The minimum atomic E-state index is -0.387. The first kappa shape index (κ1) is 18.8. The van der Waals surface area contributed by atoms with Gasteiger partial charge in [-0.05, 0) is 30.6 Å². The number of anilines is 1. The number of hydrogen-bond acceptors (Lipinski definition) is 7. The SMILES string of the molecule is CCN(C(=O)c1cnc(C2=NOC3(CCSCC3)N2C)n1C)c1cccnc1. The zero-order valence-electron chi connectivity index (χ0n) is 16.3.